The summed E-state index contributed by atoms with van der Waals surface area (Å²) in [6.45, 7) is 3.62. The standard InChI is InChI=1S/C24H24O4/c1-15-21(27-16(2)22(25)17-9-5-3-6-10-17)14-13-19-18-11-7-4-8-12-20(18)24(26)28-23(15)19/h3,5-6,9-10,13-14,16H,4,7-8,11-12H2,1-2H3/t16-/m1/s1. The van der Waals surface area contributed by atoms with Gasteiger partial charge in [0.25, 0.3) is 0 Å². The molecule has 0 saturated carbocycles. The number of carbonyl (C=O) groups excluding carboxylic acids is 1. The first-order valence-electron chi connectivity index (χ1n) is 9.90. The Labute approximate surface area is 164 Å². The minimum absolute atomic E-state index is 0.0801. The molecule has 0 saturated heterocycles. The maximum absolute atomic E-state index is 12.6. The summed E-state index contributed by atoms with van der Waals surface area (Å²) in [6.07, 6.45) is 4.31. The van der Waals surface area contributed by atoms with E-state index in [-0.39, 0.29) is 11.4 Å². The molecule has 2 aromatic carbocycles. The Hall–Kier alpha value is -2.88. The van der Waals surface area contributed by atoms with Crippen molar-refractivity contribution in [2.75, 3.05) is 0 Å². The lowest BCUT2D eigenvalue weighted by Gasteiger charge is -2.17. The van der Waals surface area contributed by atoms with Gasteiger partial charge >= 0.3 is 5.63 Å². The molecule has 0 bridgehead atoms. The largest absolute Gasteiger partial charge is 0.482 e. The highest BCUT2D eigenvalue weighted by atomic mass is 16.5. The summed E-state index contributed by atoms with van der Waals surface area (Å²) in [5.74, 6) is 0.490. The number of rotatable bonds is 4. The Kier molecular flexibility index (Phi) is 5.03. The number of fused-ring (bicyclic) bond motifs is 3. The lowest BCUT2D eigenvalue weighted by atomic mass is 9.98. The fourth-order valence-electron chi connectivity index (χ4n) is 4.01. The summed E-state index contributed by atoms with van der Waals surface area (Å²) < 4.78 is 11.7. The third kappa shape index (κ3) is 3.35. The predicted octanol–water partition coefficient (Wildman–Crippen LogP) is 5.02. The second-order valence-electron chi connectivity index (χ2n) is 7.46. The van der Waals surface area contributed by atoms with E-state index in [0.29, 0.717) is 16.9 Å². The van der Waals surface area contributed by atoms with Crippen molar-refractivity contribution in [2.24, 2.45) is 0 Å². The van der Waals surface area contributed by atoms with E-state index in [0.717, 1.165) is 54.2 Å². The minimum Gasteiger partial charge on any atom is -0.482 e. The van der Waals surface area contributed by atoms with Gasteiger partial charge in [-0.3, -0.25) is 4.79 Å². The Morgan fingerprint density at radius 3 is 2.46 bits per heavy atom. The van der Waals surface area contributed by atoms with Gasteiger partial charge in [-0.05, 0) is 57.2 Å². The van der Waals surface area contributed by atoms with E-state index in [1.165, 1.54) is 0 Å². The molecule has 3 aromatic rings. The van der Waals surface area contributed by atoms with Crippen LogP contribution in [0.4, 0.5) is 0 Å². The molecule has 1 heterocycles. The summed E-state index contributed by atoms with van der Waals surface area (Å²) in [6, 6.07) is 13.0. The second-order valence-corrected chi connectivity index (χ2v) is 7.46. The van der Waals surface area contributed by atoms with Gasteiger partial charge < -0.3 is 9.15 Å². The molecular formula is C24H24O4. The van der Waals surface area contributed by atoms with E-state index >= 15 is 0 Å². The molecule has 144 valence electrons. The Bertz CT molecular complexity index is 1080. The SMILES string of the molecule is Cc1c(O[C@H](C)C(=O)c2ccccc2)ccc2c3c(c(=O)oc12)CCCCC3. The van der Waals surface area contributed by atoms with Crippen LogP contribution in [0.1, 0.15) is 53.2 Å². The molecule has 0 aliphatic heterocycles. The van der Waals surface area contributed by atoms with Gasteiger partial charge in [-0.25, -0.2) is 4.79 Å². The molecule has 0 amide bonds. The van der Waals surface area contributed by atoms with Crippen molar-refractivity contribution in [2.45, 2.75) is 52.1 Å². The van der Waals surface area contributed by atoms with E-state index in [1.807, 2.05) is 37.3 Å². The predicted molar refractivity (Wildman–Crippen MR) is 109 cm³/mol. The molecule has 0 unspecified atom stereocenters. The van der Waals surface area contributed by atoms with E-state index < -0.39 is 6.10 Å². The molecule has 0 N–H and O–H groups in total. The zero-order valence-electron chi connectivity index (χ0n) is 16.3. The van der Waals surface area contributed by atoms with E-state index in [1.54, 1.807) is 19.1 Å². The van der Waals surface area contributed by atoms with Crippen molar-refractivity contribution in [3.8, 4) is 5.75 Å². The van der Waals surface area contributed by atoms with Crippen LogP contribution in [0.2, 0.25) is 0 Å². The summed E-state index contributed by atoms with van der Waals surface area (Å²) in [7, 11) is 0. The van der Waals surface area contributed by atoms with Crippen molar-refractivity contribution in [1.82, 2.24) is 0 Å². The highest BCUT2D eigenvalue weighted by Gasteiger charge is 2.21. The van der Waals surface area contributed by atoms with Crippen LogP contribution >= 0.6 is 0 Å². The molecule has 28 heavy (non-hydrogen) atoms. The summed E-state index contributed by atoms with van der Waals surface area (Å²) in [4.78, 5) is 25.2. The van der Waals surface area contributed by atoms with Crippen LogP contribution in [0.5, 0.6) is 5.75 Å². The first-order chi connectivity index (χ1) is 13.6. The first-order valence-corrected chi connectivity index (χ1v) is 9.90. The van der Waals surface area contributed by atoms with Crippen molar-refractivity contribution in [3.05, 3.63) is 75.1 Å². The zero-order chi connectivity index (χ0) is 19.7. The van der Waals surface area contributed by atoms with E-state index in [9.17, 15) is 9.59 Å². The third-order valence-corrected chi connectivity index (χ3v) is 5.57. The van der Waals surface area contributed by atoms with Crippen molar-refractivity contribution >= 4 is 16.8 Å². The van der Waals surface area contributed by atoms with Crippen LogP contribution in [-0.4, -0.2) is 11.9 Å². The van der Waals surface area contributed by atoms with Crippen LogP contribution in [0, 0.1) is 6.92 Å². The molecule has 1 aromatic heterocycles. The van der Waals surface area contributed by atoms with Gasteiger partial charge in [0.1, 0.15) is 11.3 Å². The smallest absolute Gasteiger partial charge is 0.339 e. The summed E-state index contributed by atoms with van der Waals surface area (Å²) in [5.41, 5.74) is 3.65. The number of Topliss-reactive ketones (excluding diaryl/α,β-unsaturated/α-hetero) is 1. The van der Waals surface area contributed by atoms with Gasteiger partial charge in [-0.2, -0.15) is 0 Å². The van der Waals surface area contributed by atoms with Gasteiger partial charge in [0.05, 0.1) is 0 Å². The number of carbonyl (C=O) groups is 1. The minimum atomic E-state index is -0.633. The molecule has 0 fully saturated rings. The number of ketones is 1. The highest BCUT2D eigenvalue weighted by molar-refractivity contribution is 5.99. The fraction of sp³-hybridized carbons (Fsp3) is 0.333. The molecule has 0 spiro atoms. The summed E-state index contributed by atoms with van der Waals surface area (Å²) in [5, 5.41) is 0.989. The van der Waals surface area contributed by atoms with Gasteiger partial charge in [0.15, 0.2) is 6.10 Å². The molecule has 4 rings (SSSR count). The fourth-order valence-corrected chi connectivity index (χ4v) is 4.01. The average Bonchev–Trinajstić information content (AvgIpc) is 2.97. The van der Waals surface area contributed by atoms with Crippen LogP contribution < -0.4 is 10.4 Å². The molecule has 4 heteroatoms. The molecule has 0 radical (unpaired) electrons. The lowest BCUT2D eigenvalue weighted by Crippen LogP contribution is -2.24. The highest BCUT2D eigenvalue weighted by Crippen LogP contribution is 2.32. The van der Waals surface area contributed by atoms with E-state index in [2.05, 4.69) is 0 Å². The molecule has 1 aliphatic carbocycles. The number of benzene rings is 2. The van der Waals surface area contributed by atoms with Crippen LogP contribution in [0.15, 0.2) is 51.7 Å². The molecule has 1 atom stereocenters. The number of hydrogen-bond acceptors (Lipinski definition) is 4. The third-order valence-electron chi connectivity index (χ3n) is 5.57. The molecule has 1 aliphatic rings. The van der Waals surface area contributed by atoms with Gasteiger partial charge in [-0.1, -0.05) is 36.8 Å². The Morgan fingerprint density at radius 1 is 1.00 bits per heavy atom. The lowest BCUT2D eigenvalue weighted by molar-refractivity contribution is 0.0817. The molecular weight excluding hydrogens is 352 g/mol. The topological polar surface area (TPSA) is 56.5 Å². The maximum Gasteiger partial charge on any atom is 0.339 e. The van der Waals surface area contributed by atoms with Gasteiger partial charge in [0.2, 0.25) is 5.78 Å². The van der Waals surface area contributed by atoms with E-state index in [4.69, 9.17) is 9.15 Å². The van der Waals surface area contributed by atoms with Crippen molar-refractivity contribution in [3.63, 3.8) is 0 Å². The monoisotopic (exact) mass is 376 g/mol. The molecule has 4 nitrogen and oxygen atoms in total. The first kappa shape index (κ1) is 18.5. The number of ether oxygens (including phenoxy) is 1. The Balaban J connectivity index is 1.70. The van der Waals surface area contributed by atoms with Crippen LogP contribution in [0.25, 0.3) is 11.0 Å². The van der Waals surface area contributed by atoms with Gasteiger partial charge in [0, 0.05) is 22.1 Å². The van der Waals surface area contributed by atoms with Crippen LogP contribution in [0.3, 0.4) is 0 Å². The normalized spacial score (nSPS) is 14.9. The maximum atomic E-state index is 12.6. The van der Waals surface area contributed by atoms with Crippen LogP contribution in [-0.2, 0) is 12.8 Å². The van der Waals surface area contributed by atoms with Crippen molar-refractivity contribution < 1.29 is 13.9 Å². The summed E-state index contributed by atoms with van der Waals surface area (Å²) >= 11 is 0. The number of hydrogen-bond donors (Lipinski definition) is 0. The van der Waals surface area contributed by atoms with Gasteiger partial charge in [-0.15, -0.1) is 0 Å². The second kappa shape index (κ2) is 7.63. The average molecular weight is 376 g/mol. The Morgan fingerprint density at radius 2 is 1.71 bits per heavy atom. The zero-order valence-corrected chi connectivity index (χ0v) is 16.3. The number of aryl methyl sites for hydroxylation is 2. The quantitative estimate of drug-likeness (QED) is 0.364. The van der Waals surface area contributed by atoms with Crippen molar-refractivity contribution in [1.29, 1.82) is 0 Å².